The highest BCUT2D eigenvalue weighted by molar-refractivity contribution is 7.99. The van der Waals surface area contributed by atoms with Gasteiger partial charge in [-0.25, -0.2) is 0 Å². The number of aryl methyl sites for hydroxylation is 2. The average molecular weight is 307 g/mol. The van der Waals surface area contributed by atoms with Gasteiger partial charge in [0, 0.05) is 28.5 Å². The molecule has 0 aliphatic heterocycles. The fourth-order valence-corrected chi connectivity index (χ4v) is 3.43. The van der Waals surface area contributed by atoms with Crippen LogP contribution in [0.4, 0.5) is 0 Å². The topological polar surface area (TPSA) is 49.3 Å². The van der Waals surface area contributed by atoms with Crippen LogP contribution in [-0.4, -0.2) is 28.9 Å². The molecule has 0 bridgehead atoms. The van der Waals surface area contributed by atoms with E-state index in [9.17, 15) is 9.90 Å². The van der Waals surface area contributed by atoms with Gasteiger partial charge in [0.1, 0.15) is 0 Å². The molecule has 2 rings (SSSR count). The van der Waals surface area contributed by atoms with Crippen molar-refractivity contribution < 1.29 is 9.90 Å². The van der Waals surface area contributed by atoms with Crippen molar-refractivity contribution in [1.82, 2.24) is 5.32 Å². The van der Waals surface area contributed by atoms with E-state index in [2.05, 4.69) is 37.4 Å². The third-order valence-electron chi connectivity index (χ3n) is 4.63. The molecule has 116 valence electrons. The summed E-state index contributed by atoms with van der Waals surface area (Å²) in [7, 11) is 0. The smallest absolute Gasteiger partial charge is 0.221 e. The number of hydrogen-bond acceptors (Lipinski definition) is 3. The molecule has 2 atom stereocenters. The van der Waals surface area contributed by atoms with Crippen LogP contribution >= 0.6 is 11.8 Å². The maximum atomic E-state index is 11.9. The Morgan fingerprint density at radius 3 is 2.67 bits per heavy atom. The van der Waals surface area contributed by atoms with Crippen LogP contribution in [0.25, 0.3) is 0 Å². The van der Waals surface area contributed by atoms with E-state index in [1.807, 2.05) is 13.8 Å². The number of hydrogen-bond donors (Lipinski definition) is 2. The zero-order valence-electron chi connectivity index (χ0n) is 13.3. The van der Waals surface area contributed by atoms with Crippen molar-refractivity contribution in [2.45, 2.75) is 57.6 Å². The van der Waals surface area contributed by atoms with Crippen LogP contribution in [-0.2, 0) is 4.79 Å². The maximum Gasteiger partial charge on any atom is 0.221 e. The highest BCUT2D eigenvalue weighted by Gasteiger charge is 2.47. The predicted octanol–water partition coefficient (Wildman–Crippen LogP) is 3.06. The van der Waals surface area contributed by atoms with E-state index in [-0.39, 0.29) is 23.5 Å². The molecule has 0 saturated heterocycles. The zero-order valence-corrected chi connectivity index (χ0v) is 14.1. The highest BCUT2D eigenvalue weighted by Crippen LogP contribution is 2.40. The molecule has 1 aromatic carbocycles. The number of carbonyl (C=O) groups is 1. The molecule has 1 fully saturated rings. The first-order valence-corrected chi connectivity index (χ1v) is 8.46. The van der Waals surface area contributed by atoms with Crippen LogP contribution < -0.4 is 5.32 Å². The second kappa shape index (κ2) is 6.41. The van der Waals surface area contributed by atoms with Crippen LogP contribution in [0.15, 0.2) is 23.1 Å². The van der Waals surface area contributed by atoms with Crippen molar-refractivity contribution in [2.75, 3.05) is 5.75 Å². The lowest BCUT2D eigenvalue weighted by atomic mass is 9.64. The monoisotopic (exact) mass is 307 g/mol. The quantitative estimate of drug-likeness (QED) is 0.822. The summed E-state index contributed by atoms with van der Waals surface area (Å²) in [5.74, 6) is 0.862. The number of benzene rings is 1. The molecule has 1 aliphatic carbocycles. The van der Waals surface area contributed by atoms with Crippen LogP contribution in [0.1, 0.15) is 37.8 Å². The lowest BCUT2D eigenvalue weighted by Crippen LogP contribution is -2.61. The summed E-state index contributed by atoms with van der Waals surface area (Å²) >= 11 is 1.71. The molecular formula is C17H25NO2S. The molecule has 1 aromatic rings. The lowest BCUT2D eigenvalue weighted by Gasteiger charge is -2.49. The van der Waals surface area contributed by atoms with Gasteiger partial charge < -0.3 is 10.4 Å². The number of aliphatic hydroxyl groups excluding tert-OH is 1. The minimum atomic E-state index is -0.298. The van der Waals surface area contributed by atoms with Crippen molar-refractivity contribution in [3.05, 3.63) is 29.3 Å². The fraction of sp³-hybridized carbons (Fsp3) is 0.588. The molecule has 3 nitrogen and oxygen atoms in total. The van der Waals surface area contributed by atoms with Crippen molar-refractivity contribution in [3.63, 3.8) is 0 Å². The molecule has 1 aliphatic rings. The summed E-state index contributed by atoms with van der Waals surface area (Å²) in [6.45, 7) is 8.20. The molecule has 1 amide bonds. The van der Waals surface area contributed by atoms with E-state index in [0.717, 1.165) is 5.75 Å². The third-order valence-corrected chi connectivity index (χ3v) is 5.62. The Labute approximate surface area is 131 Å². The Kier molecular flexibility index (Phi) is 4.99. The number of nitrogens with one attached hydrogen (secondary N) is 1. The van der Waals surface area contributed by atoms with Crippen molar-refractivity contribution in [1.29, 1.82) is 0 Å². The van der Waals surface area contributed by atoms with Gasteiger partial charge in [-0.2, -0.15) is 0 Å². The molecule has 1 saturated carbocycles. The molecule has 2 unspecified atom stereocenters. The van der Waals surface area contributed by atoms with E-state index in [4.69, 9.17) is 0 Å². The molecule has 4 heteroatoms. The standard InChI is InChI=1S/C17H25NO2S/c1-11-5-6-13(9-12(11)2)21-8-7-16(20)18-14-10-15(19)17(14,3)4/h5-6,9,14-15,19H,7-8,10H2,1-4H3,(H,18,20). The van der Waals surface area contributed by atoms with Gasteiger partial charge in [-0.3, -0.25) is 4.79 Å². The molecule has 0 aromatic heterocycles. The number of carbonyl (C=O) groups excluding carboxylic acids is 1. The maximum absolute atomic E-state index is 11.9. The van der Waals surface area contributed by atoms with Gasteiger partial charge in [-0.15, -0.1) is 11.8 Å². The predicted molar refractivity (Wildman–Crippen MR) is 87.6 cm³/mol. The van der Waals surface area contributed by atoms with Crippen molar-refractivity contribution >= 4 is 17.7 Å². The minimum Gasteiger partial charge on any atom is -0.392 e. The number of rotatable bonds is 5. The van der Waals surface area contributed by atoms with Gasteiger partial charge in [-0.1, -0.05) is 19.9 Å². The van der Waals surface area contributed by atoms with E-state index < -0.39 is 0 Å². The third kappa shape index (κ3) is 3.80. The Balaban J connectivity index is 1.73. The summed E-state index contributed by atoms with van der Waals surface area (Å²) in [6, 6.07) is 6.50. The average Bonchev–Trinajstić information content (AvgIpc) is 2.42. The fourth-order valence-electron chi connectivity index (χ4n) is 2.48. The Hall–Kier alpha value is -1.00. The van der Waals surface area contributed by atoms with Crippen molar-refractivity contribution in [3.8, 4) is 0 Å². The van der Waals surface area contributed by atoms with Gasteiger partial charge in [0.15, 0.2) is 0 Å². The second-order valence-electron chi connectivity index (χ2n) is 6.54. The number of amides is 1. The van der Waals surface area contributed by atoms with E-state index in [1.54, 1.807) is 11.8 Å². The van der Waals surface area contributed by atoms with Gasteiger partial charge in [-0.05, 0) is 43.5 Å². The Bertz CT molecular complexity index is 528. The summed E-state index contributed by atoms with van der Waals surface area (Å²) < 4.78 is 0. The number of aliphatic hydroxyl groups is 1. The molecule has 0 heterocycles. The number of thioether (sulfide) groups is 1. The normalized spacial score (nSPS) is 23.5. The lowest BCUT2D eigenvalue weighted by molar-refractivity contribution is -0.128. The molecule has 0 spiro atoms. The van der Waals surface area contributed by atoms with Gasteiger partial charge in [0.05, 0.1) is 6.10 Å². The molecule has 0 radical (unpaired) electrons. The van der Waals surface area contributed by atoms with Gasteiger partial charge in [0.2, 0.25) is 5.91 Å². The van der Waals surface area contributed by atoms with Gasteiger partial charge >= 0.3 is 0 Å². The van der Waals surface area contributed by atoms with Gasteiger partial charge in [0.25, 0.3) is 0 Å². The Morgan fingerprint density at radius 2 is 2.10 bits per heavy atom. The Morgan fingerprint density at radius 1 is 1.38 bits per heavy atom. The summed E-state index contributed by atoms with van der Waals surface area (Å²) in [5, 5.41) is 12.7. The first-order valence-electron chi connectivity index (χ1n) is 7.48. The van der Waals surface area contributed by atoms with E-state index in [1.165, 1.54) is 16.0 Å². The molecular weight excluding hydrogens is 282 g/mol. The second-order valence-corrected chi connectivity index (χ2v) is 7.71. The van der Waals surface area contributed by atoms with Crippen LogP contribution in [0.3, 0.4) is 0 Å². The van der Waals surface area contributed by atoms with Crippen LogP contribution in [0, 0.1) is 19.3 Å². The molecule has 21 heavy (non-hydrogen) atoms. The largest absolute Gasteiger partial charge is 0.392 e. The van der Waals surface area contributed by atoms with Crippen LogP contribution in [0.5, 0.6) is 0 Å². The first kappa shape index (κ1) is 16.4. The summed E-state index contributed by atoms with van der Waals surface area (Å²) in [5.41, 5.74) is 2.38. The van der Waals surface area contributed by atoms with Crippen molar-refractivity contribution in [2.24, 2.45) is 5.41 Å². The SMILES string of the molecule is Cc1ccc(SCCC(=O)NC2CC(O)C2(C)C)cc1C. The summed E-state index contributed by atoms with van der Waals surface area (Å²) in [6.07, 6.45) is 0.885. The highest BCUT2D eigenvalue weighted by atomic mass is 32.2. The summed E-state index contributed by atoms with van der Waals surface area (Å²) in [4.78, 5) is 13.2. The minimum absolute atomic E-state index is 0.0799. The van der Waals surface area contributed by atoms with Crippen LogP contribution in [0.2, 0.25) is 0 Å². The van der Waals surface area contributed by atoms with E-state index in [0.29, 0.717) is 12.8 Å². The zero-order chi connectivity index (χ0) is 15.6. The van der Waals surface area contributed by atoms with E-state index >= 15 is 0 Å². The molecule has 2 N–H and O–H groups in total. The first-order chi connectivity index (χ1) is 9.80.